The lowest BCUT2D eigenvalue weighted by Gasteiger charge is -2.32. The largest absolute Gasteiger partial charge is 0.492 e. The van der Waals surface area contributed by atoms with Crippen molar-refractivity contribution in [1.82, 2.24) is 0 Å². The van der Waals surface area contributed by atoms with Gasteiger partial charge < -0.3 is 19.0 Å². The summed E-state index contributed by atoms with van der Waals surface area (Å²) in [6.07, 6.45) is -0.250. The fourth-order valence-electron chi connectivity index (χ4n) is 2.91. The molecule has 0 amide bonds. The topological polar surface area (TPSA) is 47.9 Å². The van der Waals surface area contributed by atoms with Crippen molar-refractivity contribution >= 4 is 19.7 Å². The Morgan fingerprint density at radius 3 is 2.09 bits per heavy atom. The summed E-state index contributed by atoms with van der Waals surface area (Å²) in [5, 5.41) is 10.3. The average Bonchev–Trinajstić information content (AvgIpc) is 2.83. The Morgan fingerprint density at radius 1 is 1.00 bits per heavy atom. The molecule has 116 valence electrons. The van der Waals surface area contributed by atoms with Crippen molar-refractivity contribution in [3.63, 3.8) is 0 Å². The van der Waals surface area contributed by atoms with E-state index in [4.69, 9.17) is 14.0 Å². The molecule has 0 saturated carbocycles. The van der Waals surface area contributed by atoms with Crippen molar-refractivity contribution in [2.45, 2.75) is 51.9 Å². The Bertz CT molecular complexity index is 581. The first-order chi connectivity index (χ1) is 10.2. The van der Waals surface area contributed by atoms with Crippen LogP contribution >= 0.6 is 0 Å². The third-order valence-corrected chi connectivity index (χ3v) is 4.92. The van der Waals surface area contributed by atoms with E-state index in [0.29, 0.717) is 0 Å². The maximum absolute atomic E-state index is 10.3. The monoisotopic (exact) mass is 300 g/mol. The van der Waals surface area contributed by atoms with E-state index >= 15 is 0 Å². The van der Waals surface area contributed by atoms with Gasteiger partial charge in [-0.3, -0.25) is 0 Å². The average molecular weight is 300 g/mol. The predicted molar refractivity (Wildman–Crippen MR) is 88.0 cm³/mol. The SMILES string of the molecule is CC1OB(O)C(c2ccccc2)=C1B1OC(C)(C)C(C)(C)O1. The number of hydrogen-bond acceptors (Lipinski definition) is 4. The van der Waals surface area contributed by atoms with Crippen LogP contribution in [0.1, 0.15) is 40.2 Å². The Morgan fingerprint density at radius 2 is 1.55 bits per heavy atom. The maximum atomic E-state index is 10.3. The molecule has 2 heterocycles. The molecule has 2 aliphatic heterocycles. The molecule has 3 rings (SSSR count). The Labute approximate surface area is 132 Å². The molecule has 1 atom stereocenters. The van der Waals surface area contributed by atoms with Gasteiger partial charge in [-0.05, 0) is 51.1 Å². The van der Waals surface area contributed by atoms with Gasteiger partial charge in [0.1, 0.15) is 0 Å². The van der Waals surface area contributed by atoms with Crippen molar-refractivity contribution in [2.24, 2.45) is 0 Å². The third kappa shape index (κ3) is 2.44. The van der Waals surface area contributed by atoms with E-state index in [2.05, 4.69) is 0 Å². The second kappa shape index (κ2) is 5.24. The zero-order chi connectivity index (χ0) is 16.1. The summed E-state index contributed by atoms with van der Waals surface area (Å²) < 4.78 is 17.9. The molecule has 1 fully saturated rings. The molecule has 0 radical (unpaired) electrons. The van der Waals surface area contributed by atoms with Crippen LogP contribution in [0.4, 0.5) is 0 Å². The minimum atomic E-state index is -0.952. The summed E-state index contributed by atoms with van der Waals surface area (Å²) in [7, 11) is -1.46. The van der Waals surface area contributed by atoms with Crippen LogP contribution in [0.15, 0.2) is 35.8 Å². The molecule has 0 aromatic heterocycles. The molecule has 0 aliphatic carbocycles. The Kier molecular flexibility index (Phi) is 3.76. The minimum Gasteiger partial charge on any atom is -0.423 e. The van der Waals surface area contributed by atoms with Gasteiger partial charge in [0.25, 0.3) is 0 Å². The van der Waals surface area contributed by atoms with Gasteiger partial charge in [-0.25, -0.2) is 0 Å². The summed E-state index contributed by atoms with van der Waals surface area (Å²) >= 11 is 0. The fraction of sp³-hybridized carbons (Fsp3) is 0.500. The quantitative estimate of drug-likeness (QED) is 0.853. The van der Waals surface area contributed by atoms with E-state index in [9.17, 15) is 5.02 Å². The maximum Gasteiger partial charge on any atom is 0.492 e. The van der Waals surface area contributed by atoms with Gasteiger partial charge in [-0.15, -0.1) is 0 Å². The van der Waals surface area contributed by atoms with Gasteiger partial charge in [0.15, 0.2) is 0 Å². The molecule has 1 N–H and O–H groups in total. The summed E-state index contributed by atoms with van der Waals surface area (Å²) in [5.74, 6) is 0. The minimum absolute atomic E-state index is 0.250. The molecule has 1 aromatic carbocycles. The van der Waals surface area contributed by atoms with Crippen LogP contribution < -0.4 is 0 Å². The van der Waals surface area contributed by atoms with E-state index in [0.717, 1.165) is 16.5 Å². The molecule has 1 saturated heterocycles. The fourth-order valence-corrected chi connectivity index (χ4v) is 2.91. The first kappa shape index (κ1) is 15.8. The normalized spacial score (nSPS) is 26.9. The molecule has 2 aliphatic rings. The van der Waals surface area contributed by atoms with E-state index in [1.165, 1.54) is 0 Å². The smallest absolute Gasteiger partial charge is 0.423 e. The van der Waals surface area contributed by atoms with Crippen molar-refractivity contribution in [3.8, 4) is 0 Å². The van der Waals surface area contributed by atoms with Gasteiger partial charge in [0.05, 0.1) is 17.3 Å². The van der Waals surface area contributed by atoms with Crippen molar-refractivity contribution in [3.05, 3.63) is 41.4 Å². The van der Waals surface area contributed by atoms with Crippen LogP contribution in [-0.2, 0) is 14.0 Å². The number of benzene rings is 1. The molecule has 0 spiro atoms. The Balaban J connectivity index is 2.05. The van der Waals surface area contributed by atoms with Gasteiger partial charge in [0.2, 0.25) is 0 Å². The molecule has 6 heteroatoms. The number of hydrogen-bond donors (Lipinski definition) is 1. The van der Waals surface area contributed by atoms with E-state index in [-0.39, 0.29) is 6.10 Å². The summed E-state index contributed by atoms with van der Waals surface area (Å²) in [6.45, 7) is 10.00. The standard InChI is InChI=1S/C16H22B2O4/c1-11-13(18-21-15(2,3)16(4,5)22-18)14(17(19)20-11)12-9-7-6-8-10-12/h6-11,19H,1-5H3. The lowest BCUT2D eigenvalue weighted by atomic mass is 9.64. The highest BCUT2D eigenvalue weighted by Crippen LogP contribution is 2.43. The van der Waals surface area contributed by atoms with E-state index in [1.54, 1.807) is 0 Å². The second-order valence-corrected chi connectivity index (χ2v) is 6.95. The van der Waals surface area contributed by atoms with Gasteiger partial charge >= 0.3 is 14.2 Å². The van der Waals surface area contributed by atoms with Crippen molar-refractivity contribution < 1.29 is 19.0 Å². The molecule has 1 unspecified atom stereocenters. The van der Waals surface area contributed by atoms with E-state index in [1.807, 2.05) is 65.0 Å². The highest BCUT2D eigenvalue weighted by atomic mass is 16.7. The van der Waals surface area contributed by atoms with Crippen LogP contribution in [0.5, 0.6) is 0 Å². The zero-order valence-corrected chi connectivity index (χ0v) is 13.8. The van der Waals surface area contributed by atoms with Crippen molar-refractivity contribution in [2.75, 3.05) is 0 Å². The zero-order valence-electron chi connectivity index (χ0n) is 13.8. The van der Waals surface area contributed by atoms with Crippen LogP contribution in [0.3, 0.4) is 0 Å². The Hall–Kier alpha value is -1.07. The molecule has 1 aromatic rings. The van der Waals surface area contributed by atoms with Gasteiger partial charge in [0, 0.05) is 0 Å². The van der Waals surface area contributed by atoms with Crippen LogP contribution in [0, 0.1) is 0 Å². The molecule has 4 nitrogen and oxygen atoms in total. The van der Waals surface area contributed by atoms with Gasteiger partial charge in [-0.1, -0.05) is 30.3 Å². The lowest BCUT2D eigenvalue weighted by Crippen LogP contribution is -2.41. The number of rotatable bonds is 2. The molecule has 0 bridgehead atoms. The summed E-state index contributed by atoms with van der Waals surface area (Å²) in [4.78, 5) is 0. The van der Waals surface area contributed by atoms with Crippen LogP contribution in [0.2, 0.25) is 0 Å². The molecular formula is C16H22B2O4. The van der Waals surface area contributed by atoms with E-state index < -0.39 is 25.4 Å². The first-order valence-corrected chi connectivity index (χ1v) is 7.71. The highest BCUT2D eigenvalue weighted by molar-refractivity contribution is 6.74. The second-order valence-electron chi connectivity index (χ2n) is 6.95. The summed E-state index contributed by atoms with van der Waals surface area (Å²) in [5.41, 5.74) is 1.73. The summed E-state index contributed by atoms with van der Waals surface area (Å²) in [6, 6.07) is 9.76. The first-order valence-electron chi connectivity index (χ1n) is 7.71. The van der Waals surface area contributed by atoms with Crippen LogP contribution in [-0.4, -0.2) is 36.6 Å². The predicted octanol–water partition coefficient (Wildman–Crippen LogP) is 2.51. The molecule has 22 heavy (non-hydrogen) atoms. The highest BCUT2D eigenvalue weighted by Gasteiger charge is 2.55. The third-order valence-electron chi connectivity index (χ3n) is 4.92. The van der Waals surface area contributed by atoms with Crippen molar-refractivity contribution in [1.29, 1.82) is 0 Å². The van der Waals surface area contributed by atoms with Gasteiger partial charge in [-0.2, -0.15) is 0 Å². The van der Waals surface area contributed by atoms with Crippen LogP contribution in [0.25, 0.3) is 5.47 Å². The molecular weight excluding hydrogens is 278 g/mol. The lowest BCUT2D eigenvalue weighted by molar-refractivity contribution is 0.00578.